The third-order valence-electron chi connectivity index (χ3n) is 3.38. The van der Waals surface area contributed by atoms with Gasteiger partial charge < -0.3 is 0 Å². The molecule has 1 aromatic rings. The molecule has 0 radical (unpaired) electrons. The van der Waals surface area contributed by atoms with Crippen molar-refractivity contribution in [2.75, 3.05) is 0 Å². The Balaban J connectivity index is 2.23. The number of carbonyl (C=O) groups excluding carboxylic acids is 1. The monoisotopic (exact) mass is 270 g/mol. The van der Waals surface area contributed by atoms with Crippen molar-refractivity contribution >= 4 is 29.0 Å². The molecule has 0 saturated heterocycles. The Morgan fingerprint density at radius 2 is 1.71 bits per heavy atom. The highest BCUT2D eigenvalue weighted by Crippen LogP contribution is 2.50. The fourth-order valence-electron chi connectivity index (χ4n) is 2.06. The zero-order valence-corrected chi connectivity index (χ0v) is 11.8. The Kier molecular flexibility index (Phi) is 3.04. The molecule has 92 valence electrons. The molecule has 0 N–H and O–H groups in total. The number of hydrogen-bond acceptors (Lipinski definition) is 1. The van der Waals surface area contributed by atoms with Crippen molar-refractivity contribution < 1.29 is 4.79 Å². The molecule has 0 bridgehead atoms. The lowest BCUT2D eigenvalue weighted by atomic mass is 9.76. The number of hydrogen-bond donors (Lipinski definition) is 0. The Morgan fingerprint density at radius 1 is 1.18 bits per heavy atom. The number of carbonyl (C=O) groups is 1. The van der Waals surface area contributed by atoms with E-state index in [1.807, 2.05) is 12.1 Å². The second kappa shape index (κ2) is 4.00. The van der Waals surface area contributed by atoms with Crippen molar-refractivity contribution in [3.63, 3.8) is 0 Å². The minimum Gasteiger partial charge on any atom is -0.296 e. The summed E-state index contributed by atoms with van der Waals surface area (Å²) in [6, 6.07) is 8.22. The van der Waals surface area contributed by atoms with Gasteiger partial charge in [-0.1, -0.05) is 68.2 Å². The molecule has 1 saturated carbocycles. The topological polar surface area (TPSA) is 17.1 Å². The van der Waals surface area contributed by atoms with Gasteiger partial charge in [0.05, 0.1) is 0 Å². The van der Waals surface area contributed by atoms with E-state index in [-0.39, 0.29) is 17.1 Å². The molecule has 17 heavy (non-hydrogen) atoms. The molecule has 0 aliphatic heterocycles. The molecule has 0 spiro atoms. The molecule has 2 rings (SSSR count). The van der Waals surface area contributed by atoms with Crippen molar-refractivity contribution in [2.45, 2.75) is 42.9 Å². The van der Waals surface area contributed by atoms with Crippen LogP contribution in [0.2, 0.25) is 0 Å². The van der Waals surface area contributed by atoms with E-state index >= 15 is 0 Å². The van der Waals surface area contributed by atoms with Crippen LogP contribution in [-0.2, 0) is 10.2 Å². The van der Waals surface area contributed by atoms with Gasteiger partial charge >= 0.3 is 0 Å². The van der Waals surface area contributed by atoms with Gasteiger partial charge in [0.2, 0.25) is 0 Å². The normalized spacial score (nSPS) is 23.4. The maximum absolute atomic E-state index is 11.3. The van der Waals surface area contributed by atoms with Crippen LogP contribution in [0.5, 0.6) is 0 Å². The van der Waals surface area contributed by atoms with Crippen LogP contribution in [0.4, 0.5) is 0 Å². The average molecular weight is 271 g/mol. The van der Waals surface area contributed by atoms with Gasteiger partial charge in [-0.3, -0.25) is 4.79 Å². The number of halogens is 2. The van der Waals surface area contributed by atoms with Crippen LogP contribution in [-0.4, -0.2) is 10.1 Å². The van der Waals surface area contributed by atoms with Crippen LogP contribution in [0, 0.1) is 0 Å². The van der Waals surface area contributed by atoms with Gasteiger partial charge in [-0.05, 0) is 16.5 Å². The van der Waals surface area contributed by atoms with Crippen molar-refractivity contribution in [3.8, 4) is 0 Å². The van der Waals surface area contributed by atoms with Gasteiger partial charge in [0, 0.05) is 12.3 Å². The van der Waals surface area contributed by atoms with Gasteiger partial charge in [0.25, 0.3) is 0 Å². The molecule has 1 aliphatic carbocycles. The number of alkyl halides is 2. The van der Waals surface area contributed by atoms with Crippen LogP contribution in [0.3, 0.4) is 0 Å². The smallest absolute Gasteiger partial charge is 0.183 e. The second-order valence-electron chi connectivity index (χ2n) is 5.67. The summed E-state index contributed by atoms with van der Waals surface area (Å²) in [5.41, 5.74) is 2.44. The van der Waals surface area contributed by atoms with E-state index in [4.69, 9.17) is 23.2 Å². The SMILES string of the molecule is CC(C)(C)c1ccc([C@@H]2CC(=O)C2(Cl)Cl)cc1. The van der Waals surface area contributed by atoms with Crippen LogP contribution in [0.25, 0.3) is 0 Å². The Hall–Kier alpha value is -0.530. The van der Waals surface area contributed by atoms with Gasteiger partial charge in [-0.15, -0.1) is 0 Å². The highest BCUT2D eigenvalue weighted by atomic mass is 35.5. The van der Waals surface area contributed by atoms with Crippen molar-refractivity contribution in [3.05, 3.63) is 35.4 Å². The molecule has 1 aromatic carbocycles. The van der Waals surface area contributed by atoms with E-state index in [0.29, 0.717) is 6.42 Å². The molecule has 3 heteroatoms. The molecular weight excluding hydrogens is 255 g/mol. The summed E-state index contributed by atoms with van der Waals surface area (Å²) in [6.45, 7) is 6.51. The van der Waals surface area contributed by atoms with E-state index in [9.17, 15) is 4.79 Å². The molecule has 0 heterocycles. The summed E-state index contributed by atoms with van der Waals surface area (Å²) < 4.78 is -1.22. The molecule has 1 atom stereocenters. The Bertz CT molecular complexity index is 440. The van der Waals surface area contributed by atoms with E-state index in [2.05, 4.69) is 32.9 Å². The molecule has 0 amide bonds. The molecule has 1 fully saturated rings. The first-order chi connectivity index (χ1) is 7.73. The fraction of sp³-hybridized carbons (Fsp3) is 0.500. The van der Waals surface area contributed by atoms with Gasteiger partial charge in [-0.25, -0.2) is 0 Å². The summed E-state index contributed by atoms with van der Waals surface area (Å²) in [4.78, 5) is 11.3. The van der Waals surface area contributed by atoms with Crippen molar-refractivity contribution in [2.24, 2.45) is 0 Å². The van der Waals surface area contributed by atoms with Crippen LogP contribution in [0.15, 0.2) is 24.3 Å². The third-order valence-corrected chi connectivity index (χ3v) is 4.33. The van der Waals surface area contributed by atoms with Crippen molar-refractivity contribution in [1.29, 1.82) is 0 Å². The summed E-state index contributed by atoms with van der Waals surface area (Å²) in [5, 5.41) is 0. The summed E-state index contributed by atoms with van der Waals surface area (Å²) in [6.07, 6.45) is 0.446. The van der Waals surface area contributed by atoms with Crippen LogP contribution < -0.4 is 0 Å². The van der Waals surface area contributed by atoms with Crippen LogP contribution >= 0.6 is 23.2 Å². The first-order valence-electron chi connectivity index (χ1n) is 5.74. The fourth-order valence-corrected chi connectivity index (χ4v) is 2.62. The largest absolute Gasteiger partial charge is 0.296 e. The minimum atomic E-state index is -1.22. The third kappa shape index (κ3) is 2.23. The lowest BCUT2D eigenvalue weighted by molar-refractivity contribution is -0.125. The molecule has 1 nitrogen and oxygen atoms in total. The maximum atomic E-state index is 11.3. The molecule has 0 aromatic heterocycles. The van der Waals surface area contributed by atoms with Crippen LogP contribution in [0.1, 0.15) is 44.2 Å². The summed E-state index contributed by atoms with van der Waals surface area (Å²) >= 11 is 12.0. The zero-order chi connectivity index (χ0) is 12.8. The predicted octanol–water partition coefficient (Wildman–Crippen LogP) is 4.21. The standard InChI is InChI=1S/C14H16Cl2O/c1-13(2,3)10-6-4-9(5-7-10)11-8-12(17)14(11,15)16/h4-7,11H,8H2,1-3H3/t11-/m0/s1. The van der Waals surface area contributed by atoms with E-state index in [1.54, 1.807) is 0 Å². The van der Waals surface area contributed by atoms with Gasteiger partial charge in [0.1, 0.15) is 0 Å². The first kappa shape index (κ1) is 12.9. The van der Waals surface area contributed by atoms with E-state index in [1.165, 1.54) is 5.56 Å². The molecule has 0 unspecified atom stereocenters. The van der Waals surface area contributed by atoms with Gasteiger partial charge in [-0.2, -0.15) is 0 Å². The maximum Gasteiger partial charge on any atom is 0.183 e. The first-order valence-corrected chi connectivity index (χ1v) is 6.50. The highest BCUT2D eigenvalue weighted by molar-refractivity contribution is 6.61. The molecular formula is C14H16Cl2O. The Labute approximate surface area is 112 Å². The number of benzene rings is 1. The summed E-state index contributed by atoms with van der Waals surface area (Å²) in [5.74, 6) is -0.141. The summed E-state index contributed by atoms with van der Waals surface area (Å²) in [7, 11) is 0. The molecule has 1 aliphatic rings. The zero-order valence-electron chi connectivity index (χ0n) is 10.3. The Morgan fingerprint density at radius 3 is 2.06 bits per heavy atom. The number of ketones is 1. The predicted molar refractivity (Wildman–Crippen MR) is 71.9 cm³/mol. The quantitative estimate of drug-likeness (QED) is 0.699. The number of rotatable bonds is 1. The second-order valence-corrected chi connectivity index (χ2v) is 7.06. The van der Waals surface area contributed by atoms with E-state index < -0.39 is 4.33 Å². The lowest BCUT2D eigenvalue weighted by Crippen LogP contribution is -2.45. The minimum absolute atomic E-state index is 0.0626. The van der Waals surface area contributed by atoms with E-state index in [0.717, 1.165) is 5.56 Å². The van der Waals surface area contributed by atoms with Gasteiger partial charge in [0.15, 0.2) is 10.1 Å². The van der Waals surface area contributed by atoms with Crippen molar-refractivity contribution in [1.82, 2.24) is 0 Å². The number of Topliss-reactive ketones (excluding diaryl/α,β-unsaturated/α-hetero) is 1. The highest BCUT2D eigenvalue weighted by Gasteiger charge is 2.53. The lowest BCUT2D eigenvalue weighted by Gasteiger charge is -2.38. The average Bonchev–Trinajstić information content (AvgIpc) is 2.25.